The Bertz CT molecular complexity index is 1330. The first kappa shape index (κ1) is 29.7. The Hall–Kier alpha value is -3.85. The topological polar surface area (TPSA) is 96.0 Å². The summed E-state index contributed by atoms with van der Waals surface area (Å²) in [7, 11) is -2.62. The first-order chi connectivity index (χ1) is 18.6. The van der Waals surface area contributed by atoms with Crippen molar-refractivity contribution in [1.82, 2.24) is 10.2 Å². The molecule has 0 bridgehead atoms. The van der Waals surface area contributed by atoms with E-state index in [1.165, 1.54) is 24.1 Å². The number of carbonyl (C=O) groups excluding carboxylic acids is 2. The molecule has 0 saturated carbocycles. The highest BCUT2D eigenvalue weighted by Gasteiger charge is 2.32. The summed E-state index contributed by atoms with van der Waals surface area (Å²) in [6.07, 6.45) is 0.513. The third-order valence-electron chi connectivity index (χ3n) is 6.29. The Morgan fingerprint density at radius 3 is 2.15 bits per heavy atom. The monoisotopic (exact) mass is 551 g/mol. The van der Waals surface area contributed by atoms with Gasteiger partial charge in [-0.25, -0.2) is 8.42 Å². The summed E-state index contributed by atoms with van der Waals surface area (Å²) >= 11 is 0. The second-order valence-corrected chi connectivity index (χ2v) is 11.5. The number of hydrogen-bond donors (Lipinski definition) is 1. The molecule has 3 rings (SSSR count). The van der Waals surface area contributed by atoms with Crippen molar-refractivity contribution >= 4 is 27.5 Å². The van der Waals surface area contributed by atoms with Crippen molar-refractivity contribution in [3.05, 3.63) is 90.5 Å². The largest absolute Gasteiger partial charge is 0.497 e. The smallest absolute Gasteiger partial charge is 0.264 e. The number of hydrogen-bond acceptors (Lipinski definition) is 5. The quantitative estimate of drug-likeness (QED) is 0.345. The van der Waals surface area contributed by atoms with Crippen LogP contribution in [0.1, 0.15) is 26.3 Å². The molecule has 0 fully saturated rings. The summed E-state index contributed by atoms with van der Waals surface area (Å²) < 4.78 is 34.0. The van der Waals surface area contributed by atoms with E-state index in [-0.39, 0.29) is 29.0 Å². The highest BCUT2D eigenvalue weighted by molar-refractivity contribution is 7.92. The van der Waals surface area contributed by atoms with E-state index in [1.54, 1.807) is 49.4 Å². The normalized spacial score (nSPS) is 12.0. The van der Waals surface area contributed by atoms with Crippen molar-refractivity contribution in [3.63, 3.8) is 0 Å². The van der Waals surface area contributed by atoms with Gasteiger partial charge in [0.2, 0.25) is 11.8 Å². The number of amides is 2. The maximum atomic E-state index is 13.9. The second-order valence-electron chi connectivity index (χ2n) is 9.66. The zero-order chi connectivity index (χ0) is 28.4. The van der Waals surface area contributed by atoms with Crippen LogP contribution in [0.15, 0.2) is 89.8 Å². The first-order valence-electron chi connectivity index (χ1n) is 13.0. The minimum atomic E-state index is -4.11. The lowest BCUT2D eigenvalue weighted by Gasteiger charge is -2.32. The summed E-state index contributed by atoms with van der Waals surface area (Å²) in [6, 6.07) is 23.4. The van der Waals surface area contributed by atoms with Crippen molar-refractivity contribution in [3.8, 4) is 5.75 Å². The number of nitrogens with one attached hydrogen (secondary N) is 1. The lowest BCUT2D eigenvalue weighted by Crippen LogP contribution is -2.52. The fourth-order valence-corrected chi connectivity index (χ4v) is 5.46. The van der Waals surface area contributed by atoms with Gasteiger partial charge in [0.05, 0.1) is 17.7 Å². The van der Waals surface area contributed by atoms with Gasteiger partial charge in [-0.3, -0.25) is 13.9 Å². The van der Waals surface area contributed by atoms with Gasteiger partial charge in [0, 0.05) is 19.2 Å². The highest BCUT2D eigenvalue weighted by atomic mass is 32.2. The third kappa shape index (κ3) is 8.07. The summed E-state index contributed by atoms with van der Waals surface area (Å²) in [6.45, 7) is 5.88. The Morgan fingerprint density at radius 2 is 1.54 bits per heavy atom. The molecule has 0 aliphatic heterocycles. The Kier molecular flexibility index (Phi) is 10.5. The van der Waals surface area contributed by atoms with E-state index in [4.69, 9.17) is 4.74 Å². The molecule has 208 valence electrons. The van der Waals surface area contributed by atoms with Gasteiger partial charge in [0.1, 0.15) is 18.3 Å². The summed E-state index contributed by atoms with van der Waals surface area (Å²) in [5.74, 6) is -0.0748. The lowest BCUT2D eigenvalue weighted by atomic mass is 10.1. The van der Waals surface area contributed by atoms with E-state index in [0.717, 1.165) is 9.87 Å². The number of benzene rings is 3. The lowest BCUT2D eigenvalue weighted by molar-refractivity contribution is -0.138. The van der Waals surface area contributed by atoms with Crippen LogP contribution in [0.3, 0.4) is 0 Å². The summed E-state index contributed by atoms with van der Waals surface area (Å²) in [5, 5.41) is 2.89. The molecular formula is C30H37N3O5S. The van der Waals surface area contributed by atoms with Gasteiger partial charge in [0.25, 0.3) is 10.0 Å². The highest BCUT2D eigenvalue weighted by Crippen LogP contribution is 2.27. The minimum absolute atomic E-state index is 0.0548. The van der Waals surface area contributed by atoms with Gasteiger partial charge in [0.15, 0.2) is 0 Å². The Labute approximate surface area is 231 Å². The van der Waals surface area contributed by atoms with E-state index < -0.39 is 28.5 Å². The molecule has 0 radical (unpaired) electrons. The molecule has 2 amide bonds. The molecule has 3 aromatic rings. The average Bonchev–Trinajstić information content (AvgIpc) is 2.95. The number of carbonyl (C=O) groups is 2. The molecular weight excluding hydrogens is 514 g/mol. The van der Waals surface area contributed by atoms with E-state index >= 15 is 0 Å². The molecule has 9 heteroatoms. The van der Waals surface area contributed by atoms with Crippen LogP contribution in [0.2, 0.25) is 0 Å². The molecule has 1 unspecified atom stereocenters. The average molecular weight is 552 g/mol. The second kappa shape index (κ2) is 13.8. The number of sulfonamides is 1. The summed E-state index contributed by atoms with van der Waals surface area (Å²) in [5.41, 5.74) is 1.29. The molecule has 0 aliphatic carbocycles. The van der Waals surface area contributed by atoms with E-state index in [1.807, 2.05) is 44.2 Å². The first-order valence-corrected chi connectivity index (χ1v) is 14.4. The molecule has 1 N–H and O–H groups in total. The van der Waals surface area contributed by atoms with Crippen molar-refractivity contribution in [1.29, 1.82) is 0 Å². The number of rotatable bonds is 13. The maximum absolute atomic E-state index is 13.9. The third-order valence-corrected chi connectivity index (χ3v) is 8.08. The van der Waals surface area contributed by atoms with E-state index in [9.17, 15) is 18.0 Å². The fraction of sp³-hybridized carbons (Fsp3) is 0.333. The van der Waals surface area contributed by atoms with Crippen LogP contribution in [0.5, 0.6) is 5.75 Å². The van der Waals surface area contributed by atoms with Crippen molar-refractivity contribution < 1.29 is 22.7 Å². The molecule has 39 heavy (non-hydrogen) atoms. The predicted molar refractivity (Wildman–Crippen MR) is 153 cm³/mol. The predicted octanol–water partition coefficient (Wildman–Crippen LogP) is 4.12. The van der Waals surface area contributed by atoms with Gasteiger partial charge in [-0.15, -0.1) is 0 Å². The maximum Gasteiger partial charge on any atom is 0.264 e. The van der Waals surface area contributed by atoms with Crippen LogP contribution in [-0.2, 0) is 26.0 Å². The molecule has 0 aliphatic rings. The van der Waals surface area contributed by atoms with Crippen LogP contribution in [0.4, 0.5) is 5.69 Å². The van der Waals surface area contributed by atoms with Gasteiger partial charge in [-0.2, -0.15) is 0 Å². The van der Waals surface area contributed by atoms with Crippen molar-refractivity contribution in [2.45, 2.75) is 38.1 Å². The number of ether oxygens (including phenoxy) is 1. The van der Waals surface area contributed by atoms with Crippen LogP contribution in [0, 0.1) is 5.92 Å². The molecule has 0 saturated heterocycles. The fourth-order valence-electron chi connectivity index (χ4n) is 4.04. The van der Waals surface area contributed by atoms with Gasteiger partial charge in [-0.05, 0) is 49.1 Å². The SMILES string of the molecule is COc1cccc(N(CC(=O)N(CCc2ccccc2)C(C)C(=O)NCC(C)C)S(=O)(=O)c2ccccc2)c1. The molecule has 1 atom stereocenters. The Morgan fingerprint density at radius 1 is 0.897 bits per heavy atom. The van der Waals surface area contributed by atoms with Crippen LogP contribution in [0.25, 0.3) is 0 Å². The molecule has 3 aromatic carbocycles. The number of nitrogens with zero attached hydrogens (tertiary/aromatic N) is 2. The standard InChI is InChI=1S/C30H37N3O5S/c1-23(2)21-31-30(35)24(3)32(19-18-25-12-7-5-8-13-25)29(34)22-33(26-14-11-15-27(20-26)38-4)39(36,37)28-16-9-6-10-17-28/h5-17,20,23-24H,18-19,21-22H2,1-4H3,(H,31,35). The molecule has 0 heterocycles. The van der Waals surface area contributed by atoms with Gasteiger partial charge < -0.3 is 15.0 Å². The molecule has 0 aromatic heterocycles. The molecule has 8 nitrogen and oxygen atoms in total. The minimum Gasteiger partial charge on any atom is -0.497 e. The van der Waals surface area contributed by atoms with Crippen molar-refractivity contribution in [2.24, 2.45) is 5.92 Å². The van der Waals surface area contributed by atoms with Crippen LogP contribution >= 0.6 is 0 Å². The number of anilines is 1. The Balaban J connectivity index is 1.96. The van der Waals surface area contributed by atoms with Crippen LogP contribution in [-0.4, -0.2) is 57.9 Å². The van der Waals surface area contributed by atoms with E-state index in [2.05, 4.69) is 5.32 Å². The van der Waals surface area contributed by atoms with Crippen molar-refractivity contribution in [2.75, 3.05) is 31.0 Å². The zero-order valence-electron chi connectivity index (χ0n) is 22.9. The molecule has 0 spiro atoms. The van der Waals surface area contributed by atoms with E-state index in [0.29, 0.717) is 18.7 Å². The van der Waals surface area contributed by atoms with Gasteiger partial charge >= 0.3 is 0 Å². The summed E-state index contributed by atoms with van der Waals surface area (Å²) in [4.78, 5) is 28.4. The zero-order valence-corrected chi connectivity index (χ0v) is 23.7. The number of methoxy groups -OCH3 is 1. The van der Waals surface area contributed by atoms with Gasteiger partial charge in [-0.1, -0.05) is 68.4 Å². The van der Waals surface area contributed by atoms with Crippen LogP contribution < -0.4 is 14.4 Å².